The van der Waals surface area contributed by atoms with Gasteiger partial charge in [0.15, 0.2) is 0 Å². The van der Waals surface area contributed by atoms with Crippen LogP contribution in [0.5, 0.6) is 0 Å². The van der Waals surface area contributed by atoms with Crippen molar-refractivity contribution in [3.63, 3.8) is 0 Å². The number of anilines is 2. The summed E-state index contributed by atoms with van der Waals surface area (Å²) in [6.45, 7) is 0.645. The van der Waals surface area contributed by atoms with Crippen LogP contribution in [0.4, 0.5) is 11.5 Å². The zero-order valence-electron chi connectivity index (χ0n) is 14.2. The zero-order valence-corrected chi connectivity index (χ0v) is 15.7. The maximum atomic E-state index is 12.7. The third kappa shape index (κ3) is 3.61. The molecule has 2 N–H and O–H groups in total. The summed E-state index contributed by atoms with van der Waals surface area (Å²) in [5.74, 6) is 0.916. The number of nitrogens with zero attached hydrogens (tertiary/aromatic N) is 5. The maximum absolute atomic E-state index is 12.7. The molecular weight excluding hydrogens is 392 g/mol. The second kappa shape index (κ2) is 7.04. The molecule has 1 saturated heterocycles. The number of halogens is 1. The first-order chi connectivity index (χ1) is 12.9. The van der Waals surface area contributed by atoms with E-state index in [-0.39, 0.29) is 10.0 Å². The van der Waals surface area contributed by atoms with Gasteiger partial charge < -0.3 is 10.4 Å². The van der Waals surface area contributed by atoms with Crippen molar-refractivity contribution in [1.82, 2.24) is 23.9 Å². The van der Waals surface area contributed by atoms with Crippen molar-refractivity contribution < 1.29 is 13.5 Å². The van der Waals surface area contributed by atoms with Gasteiger partial charge in [0.05, 0.1) is 11.0 Å². The fourth-order valence-corrected chi connectivity index (χ4v) is 4.61. The van der Waals surface area contributed by atoms with Crippen molar-refractivity contribution >= 4 is 38.9 Å². The summed E-state index contributed by atoms with van der Waals surface area (Å²) < 4.78 is 28.4. The molecule has 11 heteroatoms. The molecule has 3 aromatic rings. The van der Waals surface area contributed by atoms with E-state index in [0.717, 1.165) is 0 Å². The standard InChI is InChI=1S/C16H17ClN6O3S/c17-14-9-15(23-16(21-14)18-10-19-23)20-11-1-3-13(4-2-11)27(25,26)22-7-5-12(24)6-8-22/h1-4,9-10,12,20,24H,5-8H2. The van der Waals surface area contributed by atoms with Gasteiger partial charge in [-0.15, -0.1) is 0 Å². The highest BCUT2D eigenvalue weighted by atomic mass is 35.5. The topological polar surface area (TPSA) is 113 Å². The maximum Gasteiger partial charge on any atom is 0.255 e. The Labute approximate surface area is 160 Å². The molecule has 27 heavy (non-hydrogen) atoms. The van der Waals surface area contributed by atoms with Gasteiger partial charge in [0, 0.05) is 24.8 Å². The van der Waals surface area contributed by atoms with E-state index < -0.39 is 16.1 Å². The Morgan fingerprint density at radius 2 is 1.89 bits per heavy atom. The summed E-state index contributed by atoms with van der Waals surface area (Å²) >= 11 is 5.99. The number of aromatic nitrogens is 4. The van der Waals surface area contributed by atoms with Gasteiger partial charge in [-0.3, -0.25) is 0 Å². The van der Waals surface area contributed by atoms with Gasteiger partial charge in [-0.25, -0.2) is 8.42 Å². The van der Waals surface area contributed by atoms with Crippen LogP contribution in [-0.4, -0.2) is 56.6 Å². The molecule has 0 aliphatic carbocycles. The van der Waals surface area contributed by atoms with Crippen LogP contribution in [0.25, 0.3) is 5.78 Å². The fraction of sp³-hybridized carbons (Fsp3) is 0.312. The minimum Gasteiger partial charge on any atom is -0.393 e. The van der Waals surface area contributed by atoms with Crippen molar-refractivity contribution in [2.24, 2.45) is 0 Å². The molecule has 1 aromatic carbocycles. The van der Waals surface area contributed by atoms with Gasteiger partial charge in [0.2, 0.25) is 10.0 Å². The summed E-state index contributed by atoms with van der Waals surface area (Å²) in [5, 5.41) is 17.0. The molecule has 9 nitrogen and oxygen atoms in total. The number of fused-ring (bicyclic) bond motifs is 1. The Bertz CT molecular complexity index is 1060. The lowest BCUT2D eigenvalue weighted by molar-refractivity contribution is 0.113. The summed E-state index contributed by atoms with van der Waals surface area (Å²) in [4.78, 5) is 8.26. The molecule has 0 spiro atoms. The largest absolute Gasteiger partial charge is 0.393 e. The third-order valence-corrected chi connectivity index (χ3v) is 6.52. The normalized spacial score (nSPS) is 16.7. The van der Waals surface area contributed by atoms with Crippen LogP contribution in [0.15, 0.2) is 41.6 Å². The Kier molecular flexibility index (Phi) is 4.72. The van der Waals surface area contributed by atoms with Crippen molar-refractivity contribution in [1.29, 1.82) is 0 Å². The quantitative estimate of drug-likeness (QED) is 0.631. The number of aliphatic hydroxyl groups is 1. The zero-order chi connectivity index (χ0) is 19.0. The van der Waals surface area contributed by atoms with Gasteiger partial charge in [-0.2, -0.15) is 23.9 Å². The second-order valence-corrected chi connectivity index (χ2v) is 8.55. The van der Waals surface area contributed by atoms with E-state index in [0.29, 0.717) is 43.2 Å². The molecule has 1 aliphatic rings. The van der Waals surface area contributed by atoms with Crippen molar-refractivity contribution in [2.45, 2.75) is 23.8 Å². The van der Waals surface area contributed by atoms with Crippen LogP contribution in [0, 0.1) is 0 Å². The smallest absolute Gasteiger partial charge is 0.255 e. The molecule has 4 rings (SSSR count). The van der Waals surface area contributed by atoms with Crippen LogP contribution >= 0.6 is 11.6 Å². The molecular formula is C16H17ClN6O3S. The van der Waals surface area contributed by atoms with Crippen molar-refractivity contribution in [3.05, 3.63) is 41.8 Å². The first kappa shape index (κ1) is 18.1. The number of benzene rings is 1. The third-order valence-electron chi connectivity index (χ3n) is 4.41. The highest BCUT2D eigenvalue weighted by Gasteiger charge is 2.28. The average Bonchev–Trinajstić information content (AvgIpc) is 3.11. The van der Waals surface area contributed by atoms with Crippen molar-refractivity contribution in [2.75, 3.05) is 18.4 Å². The van der Waals surface area contributed by atoms with Gasteiger partial charge in [-0.05, 0) is 37.1 Å². The Morgan fingerprint density at radius 1 is 1.19 bits per heavy atom. The fourth-order valence-electron chi connectivity index (χ4n) is 2.96. The molecule has 0 bridgehead atoms. The number of aliphatic hydroxyl groups excluding tert-OH is 1. The first-order valence-electron chi connectivity index (χ1n) is 8.35. The molecule has 0 unspecified atom stereocenters. The molecule has 0 amide bonds. The minimum atomic E-state index is -3.57. The molecule has 1 aliphatic heterocycles. The van der Waals surface area contributed by atoms with E-state index >= 15 is 0 Å². The molecule has 2 aromatic heterocycles. The molecule has 0 atom stereocenters. The van der Waals surface area contributed by atoms with Gasteiger partial charge >= 0.3 is 0 Å². The molecule has 142 valence electrons. The van der Waals surface area contributed by atoms with Crippen LogP contribution in [0.1, 0.15) is 12.8 Å². The van der Waals surface area contributed by atoms with E-state index in [1.165, 1.54) is 15.1 Å². The van der Waals surface area contributed by atoms with Crippen LogP contribution < -0.4 is 5.32 Å². The van der Waals surface area contributed by atoms with E-state index in [1.54, 1.807) is 30.3 Å². The van der Waals surface area contributed by atoms with Crippen molar-refractivity contribution in [3.8, 4) is 0 Å². The molecule has 0 saturated carbocycles. The number of piperidine rings is 1. The van der Waals surface area contributed by atoms with E-state index in [2.05, 4.69) is 20.4 Å². The molecule has 3 heterocycles. The van der Waals surface area contributed by atoms with E-state index in [4.69, 9.17) is 11.6 Å². The predicted octanol–water partition coefficient (Wildman–Crippen LogP) is 1.67. The van der Waals surface area contributed by atoms with Crippen LogP contribution in [0.3, 0.4) is 0 Å². The lowest BCUT2D eigenvalue weighted by atomic mass is 10.1. The SMILES string of the molecule is O=S(=O)(c1ccc(Nc2cc(Cl)nc3ncnn23)cc1)N1CCC(O)CC1. The Morgan fingerprint density at radius 3 is 2.59 bits per heavy atom. The number of hydrogen-bond donors (Lipinski definition) is 2. The Balaban J connectivity index is 1.56. The van der Waals surface area contributed by atoms with Gasteiger partial charge in [0.1, 0.15) is 17.3 Å². The van der Waals surface area contributed by atoms with E-state index in [9.17, 15) is 13.5 Å². The monoisotopic (exact) mass is 408 g/mol. The van der Waals surface area contributed by atoms with Gasteiger partial charge in [-0.1, -0.05) is 11.6 Å². The number of sulfonamides is 1. The lowest BCUT2D eigenvalue weighted by Crippen LogP contribution is -2.39. The van der Waals surface area contributed by atoms with Gasteiger partial charge in [0.25, 0.3) is 5.78 Å². The molecule has 1 fully saturated rings. The average molecular weight is 409 g/mol. The summed E-state index contributed by atoms with van der Waals surface area (Å²) in [6.07, 6.45) is 1.85. The summed E-state index contributed by atoms with van der Waals surface area (Å²) in [5.41, 5.74) is 0.669. The highest BCUT2D eigenvalue weighted by molar-refractivity contribution is 7.89. The molecule has 0 radical (unpaired) electrons. The second-order valence-electron chi connectivity index (χ2n) is 6.22. The number of nitrogens with one attached hydrogen (secondary N) is 1. The highest BCUT2D eigenvalue weighted by Crippen LogP contribution is 2.24. The number of rotatable bonds is 4. The lowest BCUT2D eigenvalue weighted by Gasteiger charge is -2.28. The summed E-state index contributed by atoms with van der Waals surface area (Å²) in [6, 6.07) is 8.03. The number of hydrogen-bond acceptors (Lipinski definition) is 7. The van der Waals surface area contributed by atoms with Crippen LogP contribution in [0.2, 0.25) is 5.15 Å². The first-order valence-corrected chi connectivity index (χ1v) is 10.2. The Hall–Kier alpha value is -2.27. The van der Waals surface area contributed by atoms with Crippen LogP contribution in [-0.2, 0) is 10.0 Å². The predicted molar refractivity (Wildman–Crippen MR) is 99.5 cm³/mol. The van der Waals surface area contributed by atoms with E-state index in [1.807, 2.05) is 0 Å². The minimum absolute atomic E-state index is 0.211. The summed E-state index contributed by atoms with van der Waals surface area (Å²) in [7, 11) is -3.57.